The molecule has 0 spiro atoms. The molecule has 2 atom stereocenters. The highest BCUT2D eigenvalue weighted by Crippen LogP contribution is 2.57. The van der Waals surface area contributed by atoms with Gasteiger partial charge >= 0.3 is 24.1 Å². The van der Waals surface area contributed by atoms with Crippen molar-refractivity contribution in [3.63, 3.8) is 0 Å². The van der Waals surface area contributed by atoms with Gasteiger partial charge < -0.3 is 19.3 Å². The van der Waals surface area contributed by atoms with Crippen LogP contribution in [0.3, 0.4) is 0 Å². The number of hydrogen-bond acceptors (Lipinski definition) is 7. The maximum Gasteiger partial charge on any atom is 0.421 e. The number of halogens is 1. The largest absolute Gasteiger partial charge is 0.479 e. The van der Waals surface area contributed by atoms with Crippen LogP contribution < -0.4 is 0 Å². The predicted octanol–water partition coefficient (Wildman–Crippen LogP) is 2.27. The van der Waals surface area contributed by atoms with Gasteiger partial charge in [-0.15, -0.1) is 0 Å². The van der Waals surface area contributed by atoms with Gasteiger partial charge in [0.15, 0.2) is 0 Å². The fraction of sp³-hybridized carbons (Fsp3) is 0.750. The van der Waals surface area contributed by atoms with E-state index < -0.39 is 53.0 Å². The van der Waals surface area contributed by atoms with Crippen LogP contribution in [0.4, 0.5) is 14.0 Å². The Morgan fingerprint density at radius 3 is 1.58 bits per heavy atom. The zero-order valence-electron chi connectivity index (χ0n) is 15.8. The first-order chi connectivity index (χ1) is 11.5. The Kier molecular flexibility index (Phi) is 5.33. The summed E-state index contributed by atoms with van der Waals surface area (Å²) in [6, 6.07) is 0. The van der Waals surface area contributed by atoms with Crippen LogP contribution in [0.15, 0.2) is 0 Å². The lowest BCUT2D eigenvalue weighted by molar-refractivity contribution is -0.157. The SMILES string of the molecule is COC(=O)[C@]1(N(C(=O)OC(C)(C)C)C(=O)OC(C)(C)C)CC1(F)C(=O)O. The van der Waals surface area contributed by atoms with E-state index >= 15 is 0 Å². The monoisotopic (exact) mass is 377 g/mol. The Morgan fingerprint density at radius 2 is 1.35 bits per heavy atom. The lowest BCUT2D eigenvalue weighted by atomic mass is 10.1. The zero-order valence-corrected chi connectivity index (χ0v) is 15.8. The fourth-order valence-corrected chi connectivity index (χ4v) is 2.31. The van der Waals surface area contributed by atoms with E-state index in [4.69, 9.17) is 14.6 Å². The molecule has 2 amide bonds. The van der Waals surface area contributed by atoms with E-state index in [1.54, 1.807) is 0 Å². The highest BCUT2D eigenvalue weighted by Gasteiger charge is 2.85. The predicted molar refractivity (Wildman–Crippen MR) is 85.1 cm³/mol. The standard InChI is InChI=1S/C16H24FNO8/c1-13(2,3)25-11(22)18(12(23)26-14(4,5)6)16(10(21)24-7)8-15(16,17)9(19)20/h8H2,1-7H3,(H,19,20)/t15?,16-/m1/s1. The van der Waals surface area contributed by atoms with Crippen molar-refractivity contribution in [1.82, 2.24) is 4.90 Å². The molecule has 0 aromatic carbocycles. The number of carbonyl (C=O) groups excluding carboxylic acids is 3. The third-order valence-electron chi connectivity index (χ3n) is 3.43. The molecular formula is C16H24FNO8. The van der Waals surface area contributed by atoms with Crippen LogP contribution in [0.2, 0.25) is 0 Å². The number of alkyl halides is 1. The van der Waals surface area contributed by atoms with E-state index in [-0.39, 0.29) is 4.90 Å². The molecule has 0 radical (unpaired) electrons. The van der Waals surface area contributed by atoms with Crippen molar-refractivity contribution >= 4 is 24.1 Å². The number of carbonyl (C=O) groups is 4. The van der Waals surface area contributed by atoms with Gasteiger partial charge in [-0.1, -0.05) is 0 Å². The third kappa shape index (κ3) is 3.88. The molecule has 1 N–H and O–H groups in total. The number of hydrogen-bond donors (Lipinski definition) is 1. The molecular weight excluding hydrogens is 353 g/mol. The molecule has 148 valence electrons. The molecule has 0 aromatic heterocycles. The van der Waals surface area contributed by atoms with Gasteiger partial charge in [0.05, 0.1) is 7.11 Å². The average Bonchev–Trinajstić information content (AvgIpc) is 3.02. The van der Waals surface area contributed by atoms with Crippen LogP contribution in [0.25, 0.3) is 0 Å². The van der Waals surface area contributed by atoms with Crippen molar-refractivity contribution in [2.45, 2.75) is 70.4 Å². The first kappa shape index (κ1) is 21.7. The van der Waals surface area contributed by atoms with Gasteiger partial charge in [0.1, 0.15) is 11.2 Å². The smallest absolute Gasteiger partial charge is 0.421 e. The van der Waals surface area contributed by atoms with E-state index in [0.29, 0.717) is 0 Å². The summed E-state index contributed by atoms with van der Waals surface area (Å²) in [7, 11) is 0.882. The number of nitrogens with zero attached hydrogens (tertiary/aromatic N) is 1. The molecule has 1 unspecified atom stereocenters. The van der Waals surface area contributed by atoms with E-state index in [9.17, 15) is 23.6 Å². The summed E-state index contributed by atoms with van der Waals surface area (Å²) in [5.74, 6) is -3.42. The Bertz CT molecular complexity index is 607. The van der Waals surface area contributed by atoms with Crippen molar-refractivity contribution in [1.29, 1.82) is 0 Å². The summed E-state index contributed by atoms with van der Waals surface area (Å²) < 4.78 is 29.4. The Morgan fingerprint density at radius 1 is 0.962 bits per heavy atom. The molecule has 0 heterocycles. The molecule has 0 aliphatic heterocycles. The highest BCUT2D eigenvalue weighted by atomic mass is 19.1. The van der Waals surface area contributed by atoms with E-state index in [1.807, 2.05) is 0 Å². The number of amides is 2. The van der Waals surface area contributed by atoms with Gasteiger partial charge in [-0.2, -0.15) is 4.90 Å². The number of ether oxygens (including phenoxy) is 3. The van der Waals surface area contributed by atoms with Gasteiger partial charge in [0.2, 0.25) is 11.2 Å². The summed E-state index contributed by atoms with van der Waals surface area (Å²) in [5, 5.41) is 9.16. The maximum atomic E-state index is 14.9. The van der Waals surface area contributed by atoms with Crippen LogP contribution >= 0.6 is 0 Å². The lowest BCUT2D eigenvalue weighted by Crippen LogP contribution is -2.58. The third-order valence-corrected chi connectivity index (χ3v) is 3.43. The normalized spacial score (nSPS) is 25.1. The van der Waals surface area contributed by atoms with Crippen molar-refractivity contribution in [2.24, 2.45) is 0 Å². The van der Waals surface area contributed by atoms with Crippen LogP contribution in [-0.4, -0.2) is 63.7 Å². The molecule has 0 aromatic rings. The number of aliphatic carboxylic acids is 1. The number of esters is 1. The molecule has 1 rings (SSSR count). The highest BCUT2D eigenvalue weighted by molar-refractivity contribution is 6.06. The number of carboxylic acids is 1. The summed E-state index contributed by atoms with van der Waals surface area (Å²) >= 11 is 0. The minimum absolute atomic E-state index is 0.0590. The molecule has 1 saturated carbocycles. The molecule has 1 aliphatic rings. The minimum atomic E-state index is -3.21. The lowest BCUT2D eigenvalue weighted by Gasteiger charge is -2.32. The average molecular weight is 377 g/mol. The van der Waals surface area contributed by atoms with Crippen LogP contribution in [0.5, 0.6) is 0 Å². The van der Waals surface area contributed by atoms with Crippen LogP contribution in [0.1, 0.15) is 48.0 Å². The van der Waals surface area contributed by atoms with E-state index in [0.717, 1.165) is 7.11 Å². The number of methoxy groups -OCH3 is 1. The number of rotatable bonds is 3. The summed E-state index contributed by atoms with van der Waals surface area (Å²) in [6.45, 7) is 8.89. The Labute approximate surface area is 150 Å². The molecule has 0 saturated heterocycles. The quantitative estimate of drug-likeness (QED) is 0.587. The van der Waals surface area contributed by atoms with Gasteiger partial charge in [-0.05, 0) is 41.5 Å². The van der Waals surface area contributed by atoms with Crippen LogP contribution in [0, 0.1) is 0 Å². The molecule has 0 bridgehead atoms. The molecule has 9 nitrogen and oxygen atoms in total. The van der Waals surface area contributed by atoms with Gasteiger partial charge in [-0.3, -0.25) is 0 Å². The number of imide groups is 1. The summed E-state index contributed by atoms with van der Waals surface area (Å²) in [6.07, 6.45) is -3.81. The maximum absolute atomic E-state index is 14.9. The van der Waals surface area contributed by atoms with Gasteiger partial charge in [-0.25, -0.2) is 23.6 Å². The topological polar surface area (TPSA) is 119 Å². The first-order valence-corrected chi connectivity index (χ1v) is 7.79. The van der Waals surface area contributed by atoms with Crippen molar-refractivity contribution in [3.8, 4) is 0 Å². The molecule has 1 fully saturated rings. The second kappa shape index (κ2) is 6.40. The Balaban J connectivity index is 3.47. The van der Waals surface area contributed by atoms with Gasteiger partial charge in [0.25, 0.3) is 0 Å². The first-order valence-electron chi connectivity index (χ1n) is 7.79. The molecule has 1 aliphatic carbocycles. The van der Waals surface area contributed by atoms with Crippen LogP contribution in [-0.2, 0) is 23.8 Å². The fourth-order valence-electron chi connectivity index (χ4n) is 2.31. The van der Waals surface area contributed by atoms with E-state index in [1.165, 1.54) is 41.5 Å². The number of carboxylic acid groups (broad SMARTS) is 1. The minimum Gasteiger partial charge on any atom is -0.479 e. The second-order valence-corrected chi connectivity index (χ2v) is 7.93. The van der Waals surface area contributed by atoms with Gasteiger partial charge in [0, 0.05) is 6.42 Å². The van der Waals surface area contributed by atoms with Crippen molar-refractivity contribution in [2.75, 3.05) is 7.11 Å². The van der Waals surface area contributed by atoms with Crippen molar-refractivity contribution in [3.05, 3.63) is 0 Å². The summed E-state index contributed by atoms with van der Waals surface area (Å²) in [5.41, 5.74) is -8.14. The zero-order chi connectivity index (χ0) is 20.7. The summed E-state index contributed by atoms with van der Waals surface area (Å²) in [4.78, 5) is 48.7. The molecule has 26 heavy (non-hydrogen) atoms. The second-order valence-electron chi connectivity index (χ2n) is 7.93. The molecule has 10 heteroatoms. The Hall–Kier alpha value is -2.39. The van der Waals surface area contributed by atoms with E-state index in [2.05, 4.69) is 4.74 Å². The van der Waals surface area contributed by atoms with Crippen molar-refractivity contribution < 1.29 is 42.9 Å².